The van der Waals surface area contributed by atoms with Crippen LogP contribution >= 0.6 is 0 Å². The molecule has 0 aliphatic carbocycles. The molecule has 0 heterocycles. The fourth-order valence-corrected chi connectivity index (χ4v) is 2.30. The van der Waals surface area contributed by atoms with E-state index < -0.39 is 5.78 Å². The van der Waals surface area contributed by atoms with Crippen LogP contribution in [0.3, 0.4) is 0 Å². The third-order valence-electron chi connectivity index (χ3n) is 3.71. The van der Waals surface area contributed by atoms with Gasteiger partial charge in [-0.1, -0.05) is 24.3 Å². The minimum atomic E-state index is -0.393. The van der Waals surface area contributed by atoms with Crippen LogP contribution in [0, 0.1) is 0 Å². The van der Waals surface area contributed by atoms with E-state index in [9.17, 15) is 19.8 Å². The Morgan fingerprint density at radius 2 is 1.59 bits per heavy atom. The zero-order valence-corrected chi connectivity index (χ0v) is 15.0. The Labute approximate surface area is 157 Å². The second kappa shape index (κ2) is 9.24. The number of ether oxygens (including phenoxy) is 2. The SMILES string of the molecule is COc1cc(C=CC(=O)CC(=O)C=Cc2cccc(OC)c2O)ccc1O. The largest absolute Gasteiger partial charge is 0.504 e. The van der Waals surface area contributed by atoms with E-state index in [2.05, 4.69) is 0 Å². The van der Waals surface area contributed by atoms with E-state index in [-0.39, 0.29) is 23.7 Å². The predicted molar refractivity (Wildman–Crippen MR) is 102 cm³/mol. The van der Waals surface area contributed by atoms with Crippen LogP contribution in [0.15, 0.2) is 48.6 Å². The predicted octanol–water partition coefficient (Wildman–Crippen LogP) is 3.37. The number of hydrogen-bond donors (Lipinski definition) is 2. The Kier molecular flexibility index (Phi) is 6.77. The van der Waals surface area contributed by atoms with Gasteiger partial charge in [0.2, 0.25) is 0 Å². The lowest BCUT2D eigenvalue weighted by atomic mass is 10.1. The minimum absolute atomic E-state index is 0.00193. The van der Waals surface area contributed by atoms with Crippen LogP contribution in [0.25, 0.3) is 12.2 Å². The third-order valence-corrected chi connectivity index (χ3v) is 3.71. The quantitative estimate of drug-likeness (QED) is 0.548. The summed E-state index contributed by atoms with van der Waals surface area (Å²) in [5, 5.41) is 19.5. The van der Waals surface area contributed by atoms with Gasteiger partial charge in [0.1, 0.15) is 0 Å². The number of para-hydroxylation sites is 1. The molecular weight excluding hydrogens is 348 g/mol. The molecule has 0 unspecified atom stereocenters. The highest BCUT2D eigenvalue weighted by atomic mass is 16.5. The van der Waals surface area contributed by atoms with Gasteiger partial charge in [0.15, 0.2) is 34.6 Å². The summed E-state index contributed by atoms with van der Waals surface area (Å²) in [5.41, 5.74) is 1.07. The molecular formula is C21H20O6. The molecule has 0 aliphatic rings. The molecule has 2 N–H and O–H groups in total. The molecule has 0 saturated heterocycles. The van der Waals surface area contributed by atoms with E-state index in [0.29, 0.717) is 22.6 Å². The number of allylic oxidation sites excluding steroid dienone is 2. The fourth-order valence-electron chi connectivity index (χ4n) is 2.30. The molecule has 0 amide bonds. The number of carbonyl (C=O) groups is 2. The molecule has 2 aromatic carbocycles. The number of hydrogen-bond acceptors (Lipinski definition) is 6. The van der Waals surface area contributed by atoms with Crippen molar-refractivity contribution in [3.63, 3.8) is 0 Å². The molecule has 6 heteroatoms. The maximum atomic E-state index is 11.9. The Bertz CT molecular complexity index is 896. The lowest BCUT2D eigenvalue weighted by Gasteiger charge is -2.05. The molecule has 0 atom stereocenters. The number of carbonyl (C=O) groups excluding carboxylic acids is 2. The molecule has 140 valence electrons. The van der Waals surface area contributed by atoms with Gasteiger partial charge in [-0.15, -0.1) is 0 Å². The van der Waals surface area contributed by atoms with Gasteiger partial charge in [-0.3, -0.25) is 9.59 Å². The summed E-state index contributed by atoms with van der Waals surface area (Å²) in [6.07, 6.45) is 5.20. The zero-order chi connectivity index (χ0) is 19.8. The Hall–Kier alpha value is -3.54. The average molecular weight is 368 g/mol. The van der Waals surface area contributed by atoms with Crippen molar-refractivity contribution < 1.29 is 29.3 Å². The van der Waals surface area contributed by atoms with Crippen molar-refractivity contribution in [2.45, 2.75) is 6.42 Å². The standard InChI is InChI=1S/C21H20O6/c1-26-19-5-3-4-15(21(19)25)8-10-17(23)13-16(22)9-6-14-7-11-18(24)20(12-14)27-2/h3-12,24-25H,13H2,1-2H3. The number of rotatable bonds is 8. The van der Waals surface area contributed by atoms with Crippen LogP contribution in [0.5, 0.6) is 23.0 Å². The van der Waals surface area contributed by atoms with E-state index in [1.807, 2.05) is 0 Å². The highest BCUT2D eigenvalue weighted by Gasteiger charge is 2.07. The van der Waals surface area contributed by atoms with Crippen LogP contribution < -0.4 is 9.47 Å². The first-order valence-electron chi connectivity index (χ1n) is 8.09. The Morgan fingerprint density at radius 3 is 2.26 bits per heavy atom. The number of phenols is 2. The number of phenolic OH excluding ortho intramolecular Hbond substituents is 2. The Morgan fingerprint density at radius 1 is 0.926 bits per heavy atom. The molecule has 27 heavy (non-hydrogen) atoms. The first-order valence-corrected chi connectivity index (χ1v) is 8.09. The van der Waals surface area contributed by atoms with E-state index in [1.54, 1.807) is 30.3 Å². The first-order chi connectivity index (χ1) is 12.9. The molecule has 0 bridgehead atoms. The van der Waals surface area contributed by atoms with Gasteiger partial charge in [0.25, 0.3) is 0 Å². The van der Waals surface area contributed by atoms with E-state index in [0.717, 1.165) is 0 Å². The second-order valence-electron chi connectivity index (χ2n) is 5.61. The van der Waals surface area contributed by atoms with Gasteiger partial charge in [0.05, 0.1) is 20.6 Å². The minimum Gasteiger partial charge on any atom is -0.504 e. The smallest absolute Gasteiger partial charge is 0.165 e. The van der Waals surface area contributed by atoms with Gasteiger partial charge in [-0.25, -0.2) is 0 Å². The number of methoxy groups -OCH3 is 2. The normalized spacial score (nSPS) is 11.0. The summed E-state index contributed by atoms with van der Waals surface area (Å²) < 4.78 is 9.99. The van der Waals surface area contributed by atoms with Crippen molar-refractivity contribution in [2.24, 2.45) is 0 Å². The molecule has 0 saturated carbocycles. The molecule has 0 aromatic heterocycles. The summed E-state index contributed by atoms with van der Waals surface area (Å²) >= 11 is 0. The van der Waals surface area contributed by atoms with Crippen LogP contribution in [-0.4, -0.2) is 36.0 Å². The van der Waals surface area contributed by atoms with Gasteiger partial charge in [0, 0.05) is 5.56 Å². The van der Waals surface area contributed by atoms with Crippen molar-refractivity contribution in [1.29, 1.82) is 0 Å². The maximum absolute atomic E-state index is 11.9. The van der Waals surface area contributed by atoms with Crippen LogP contribution in [0.4, 0.5) is 0 Å². The summed E-state index contributed by atoms with van der Waals surface area (Å²) in [5.74, 6) is -0.241. The molecule has 0 fully saturated rings. The average Bonchev–Trinajstić information content (AvgIpc) is 2.66. The monoisotopic (exact) mass is 368 g/mol. The van der Waals surface area contributed by atoms with E-state index in [4.69, 9.17) is 9.47 Å². The topological polar surface area (TPSA) is 93.1 Å². The first kappa shape index (κ1) is 19.8. The molecule has 6 nitrogen and oxygen atoms in total. The molecule has 0 spiro atoms. The zero-order valence-electron chi connectivity index (χ0n) is 15.0. The van der Waals surface area contributed by atoms with Gasteiger partial charge in [-0.2, -0.15) is 0 Å². The van der Waals surface area contributed by atoms with Crippen molar-refractivity contribution in [3.05, 3.63) is 59.7 Å². The molecule has 0 radical (unpaired) electrons. The summed E-state index contributed by atoms with van der Waals surface area (Å²) in [7, 11) is 2.86. The lowest BCUT2D eigenvalue weighted by molar-refractivity contribution is -0.121. The van der Waals surface area contributed by atoms with E-state index >= 15 is 0 Å². The van der Waals surface area contributed by atoms with Crippen molar-refractivity contribution in [2.75, 3.05) is 14.2 Å². The van der Waals surface area contributed by atoms with Gasteiger partial charge >= 0.3 is 0 Å². The van der Waals surface area contributed by atoms with E-state index in [1.165, 1.54) is 44.6 Å². The molecule has 2 rings (SSSR count). The summed E-state index contributed by atoms with van der Waals surface area (Å²) in [6.45, 7) is 0. The van der Waals surface area contributed by atoms with Gasteiger partial charge in [-0.05, 0) is 42.0 Å². The van der Waals surface area contributed by atoms with Crippen molar-refractivity contribution in [1.82, 2.24) is 0 Å². The Balaban J connectivity index is 1.98. The maximum Gasteiger partial charge on any atom is 0.165 e. The highest BCUT2D eigenvalue weighted by molar-refractivity contribution is 6.11. The summed E-state index contributed by atoms with van der Waals surface area (Å²) in [6, 6.07) is 9.56. The van der Waals surface area contributed by atoms with Crippen LogP contribution in [-0.2, 0) is 9.59 Å². The molecule has 2 aromatic rings. The fraction of sp³-hybridized carbons (Fsp3) is 0.143. The van der Waals surface area contributed by atoms with Crippen molar-refractivity contribution in [3.8, 4) is 23.0 Å². The summed E-state index contributed by atoms with van der Waals surface area (Å²) in [4.78, 5) is 23.9. The van der Waals surface area contributed by atoms with Gasteiger partial charge < -0.3 is 19.7 Å². The van der Waals surface area contributed by atoms with Crippen LogP contribution in [0.1, 0.15) is 17.5 Å². The third kappa shape index (κ3) is 5.47. The lowest BCUT2D eigenvalue weighted by Crippen LogP contribution is -2.01. The number of aromatic hydroxyl groups is 2. The van der Waals surface area contributed by atoms with Crippen LogP contribution in [0.2, 0.25) is 0 Å². The molecule has 0 aliphatic heterocycles. The number of ketones is 2. The second-order valence-corrected chi connectivity index (χ2v) is 5.61. The van der Waals surface area contributed by atoms with Crippen molar-refractivity contribution >= 4 is 23.7 Å². The highest BCUT2D eigenvalue weighted by Crippen LogP contribution is 2.30. The number of benzene rings is 2.